The van der Waals surface area contributed by atoms with E-state index in [1.165, 1.54) is 6.07 Å². The van der Waals surface area contributed by atoms with Gasteiger partial charge in [0.25, 0.3) is 10.0 Å². The first-order valence-corrected chi connectivity index (χ1v) is 7.46. The Morgan fingerprint density at radius 1 is 1.28 bits per heavy atom. The van der Waals surface area contributed by atoms with Gasteiger partial charge in [-0.05, 0) is 23.0 Å². The van der Waals surface area contributed by atoms with E-state index in [2.05, 4.69) is 33.0 Å². The van der Waals surface area contributed by atoms with E-state index >= 15 is 0 Å². The maximum atomic E-state index is 11.1. The van der Waals surface area contributed by atoms with E-state index in [0.717, 1.165) is 0 Å². The van der Waals surface area contributed by atoms with Crippen molar-refractivity contribution in [1.29, 1.82) is 0 Å². The number of sulfonamides is 1. The molecule has 0 amide bonds. The second-order valence-corrected chi connectivity index (χ2v) is 7.52. The van der Waals surface area contributed by atoms with Crippen LogP contribution in [0.3, 0.4) is 0 Å². The second-order valence-electron chi connectivity index (χ2n) is 6.02. The Hall–Kier alpha value is -0.850. The molecule has 5 nitrogen and oxygen atoms in total. The fourth-order valence-corrected chi connectivity index (χ4v) is 3.00. The lowest BCUT2D eigenvalue weighted by atomic mass is 10.0. The summed E-state index contributed by atoms with van der Waals surface area (Å²) in [6.45, 7) is 9.35. The van der Waals surface area contributed by atoms with Crippen molar-refractivity contribution in [3.05, 3.63) is 17.9 Å². The first kappa shape index (κ1) is 13.6. The number of rotatable bonds is 4. The summed E-state index contributed by atoms with van der Waals surface area (Å²) in [6.07, 6.45) is 0. The Kier molecular flexibility index (Phi) is 2.88. The van der Waals surface area contributed by atoms with Gasteiger partial charge >= 0.3 is 0 Å². The lowest BCUT2D eigenvalue weighted by molar-refractivity contribution is 0.395. The third-order valence-corrected chi connectivity index (χ3v) is 5.20. The summed E-state index contributed by atoms with van der Waals surface area (Å²) in [5.74, 6) is 0.581. The van der Waals surface area contributed by atoms with Crippen LogP contribution in [-0.2, 0) is 16.6 Å². The largest absolute Gasteiger partial charge is 0.447 e. The van der Waals surface area contributed by atoms with Crippen LogP contribution >= 0.6 is 0 Å². The highest BCUT2D eigenvalue weighted by atomic mass is 32.2. The highest BCUT2D eigenvalue weighted by molar-refractivity contribution is 7.89. The molecule has 0 saturated heterocycles. The molecule has 1 heterocycles. The lowest BCUT2D eigenvalue weighted by Gasteiger charge is -2.03. The molecule has 1 aromatic rings. The molecule has 6 heteroatoms. The molecular formula is C12H20N2O3S. The molecule has 102 valence electrons. The van der Waals surface area contributed by atoms with Crippen molar-refractivity contribution >= 4 is 10.0 Å². The minimum Gasteiger partial charge on any atom is -0.447 e. The number of furan rings is 1. The zero-order valence-electron chi connectivity index (χ0n) is 11.1. The summed E-state index contributed by atoms with van der Waals surface area (Å²) in [6, 6.07) is 3.41. The molecule has 0 aromatic carbocycles. The van der Waals surface area contributed by atoms with E-state index < -0.39 is 10.0 Å². The summed E-state index contributed by atoms with van der Waals surface area (Å²) in [5, 5.41) is 8.18. The molecule has 0 atom stereocenters. The van der Waals surface area contributed by atoms with Gasteiger partial charge in [0.1, 0.15) is 5.76 Å². The molecule has 0 bridgehead atoms. The highest BCUT2D eigenvalue weighted by Crippen LogP contribution is 2.62. The van der Waals surface area contributed by atoms with Gasteiger partial charge in [0.15, 0.2) is 0 Å². The van der Waals surface area contributed by atoms with Gasteiger partial charge in [-0.15, -0.1) is 0 Å². The summed E-state index contributed by atoms with van der Waals surface area (Å²) >= 11 is 0. The predicted octanol–water partition coefficient (Wildman–Crippen LogP) is 1.45. The molecule has 0 aliphatic heterocycles. The van der Waals surface area contributed by atoms with Crippen molar-refractivity contribution in [3.8, 4) is 0 Å². The van der Waals surface area contributed by atoms with Crippen LogP contribution in [0.4, 0.5) is 0 Å². The minimum atomic E-state index is -3.75. The van der Waals surface area contributed by atoms with E-state index in [0.29, 0.717) is 18.3 Å². The molecule has 18 heavy (non-hydrogen) atoms. The Balaban J connectivity index is 1.99. The average Bonchev–Trinajstić information content (AvgIpc) is 2.58. The fraction of sp³-hybridized carbons (Fsp3) is 0.667. The van der Waals surface area contributed by atoms with Crippen molar-refractivity contribution in [1.82, 2.24) is 5.32 Å². The molecule has 0 unspecified atom stereocenters. The molecule has 0 radical (unpaired) electrons. The number of hydrogen-bond donors (Lipinski definition) is 2. The molecular weight excluding hydrogens is 252 g/mol. The van der Waals surface area contributed by atoms with Crippen molar-refractivity contribution in [2.45, 2.75) is 45.4 Å². The SMILES string of the molecule is CC1(C)C(NCc2ccc(S(N)(=O)=O)o2)C1(C)C. The summed E-state index contributed by atoms with van der Waals surface area (Å²) in [5.41, 5.74) is 0.477. The number of nitrogens with one attached hydrogen (secondary N) is 1. The Morgan fingerprint density at radius 3 is 2.22 bits per heavy atom. The third-order valence-electron chi connectivity index (χ3n) is 4.42. The molecule has 1 saturated carbocycles. The average molecular weight is 272 g/mol. The van der Waals surface area contributed by atoms with Crippen molar-refractivity contribution < 1.29 is 12.8 Å². The smallest absolute Gasteiger partial charge is 0.271 e. The first-order valence-electron chi connectivity index (χ1n) is 5.92. The fourth-order valence-electron chi connectivity index (χ4n) is 2.52. The van der Waals surface area contributed by atoms with Crippen LogP contribution in [0.5, 0.6) is 0 Å². The minimum absolute atomic E-state index is 0.186. The normalized spacial score (nSPS) is 22.1. The van der Waals surface area contributed by atoms with Gasteiger partial charge in [0.05, 0.1) is 6.54 Å². The summed E-state index contributed by atoms with van der Waals surface area (Å²) < 4.78 is 27.3. The van der Waals surface area contributed by atoms with Gasteiger partial charge in [-0.2, -0.15) is 0 Å². The van der Waals surface area contributed by atoms with Crippen LogP contribution in [0.1, 0.15) is 33.5 Å². The monoisotopic (exact) mass is 272 g/mol. The summed E-state index contributed by atoms with van der Waals surface area (Å²) in [4.78, 5) is 0. The molecule has 3 N–H and O–H groups in total. The van der Waals surface area contributed by atoms with Crippen LogP contribution < -0.4 is 10.5 Å². The topological polar surface area (TPSA) is 85.3 Å². The Bertz CT molecular complexity index is 544. The lowest BCUT2D eigenvalue weighted by Crippen LogP contribution is -2.21. The van der Waals surface area contributed by atoms with Crippen LogP contribution in [0, 0.1) is 10.8 Å². The number of nitrogens with two attached hydrogens (primary N) is 1. The molecule has 1 fully saturated rings. The van der Waals surface area contributed by atoms with Gasteiger partial charge in [-0.25, -0.2) is 13.6 Å². The van der Waals surface area contributed by atoms with E-state index in [1.54, 1.807) is 6.07 Å². The van der Waals surface area contributed by atoms with Gasteiger partial charge < -0.3 is 9.73 Å². The number of hydrogen-bond acceptors (Lipinski definition) is 4. The maximum Gasteiger partial charge on any atom is 0.271 e. The second kappa shape index (κ2) is 3.82. The van der Waals surface area contributed by atoms with E-state index in [9.17, 15) is 8.42 Å². The number of primary sulfonamides is 1. The van der Waals surface area contributed by atoms with Crippen molar-refractivity contribution in [2.24, 2.45) is 16.0 Å². The van der Waals surface area contributed by atoms with Gasteiger partial charge in [0.2, 0.25) is 5.09 Å². The molecule has 1 aromatic heterocycles. The standard InChI is InChI=1S/C12H20N2O3S/c1-11(2)10(12(11,3)4)14-7-8-5-6-9(17-8)18(13,15)16/h5-6,10,14H,7H2,1-4H3,(H2,13,15,16). The zero-order valence-corrected chi connectivity index (χ0v) is 12.0. The molecule has 2 rings (SSSR count). The van der Waals surface area contributed by atoms with Crippen molar-refractivity contribution in [3.63, 3.8) is 0 Å². The van der Waals surface area contributed by atoms with Crippen LogP contribution in [0.25, 0.3) is 0 Å². The van der Waals surface area contributed by atoms with Gasteiger partial charge in [0, 0.05) is 6.04 Å². The first-order chi connectivity index (χ1) is 8.07. The van der Waals surface area contributed by atoms with E-state index in [1.807, 2.05) is 0 Å². The summed E-state index contributed by atoms with van der Waals surface area (Å²) in [7, 11) is -3.75. The molecule has 1 aliphatic carbocycles. The van der Waals surface area contributed by atoms with E-state index in [-0.39, 0.29) is 15.9 Å². The van der Waals surface area contributed by atoms with Crippen LogP contribution in [0.2, 0.25) is 0 Å². The Morgan fingerprint density at radius 2 is 1.83 bits per heavy atom. The quantitative estimate of drug-likeness (QED) is 0.868. The zero-order chi connectivity index (χ0) is 13.8. The third kappa shape index (κ3) is 2.08. The molecule has 1 aliphatic rings. The van der Waals surface area contributed by atoms with Gasteiger partial charge in [-0.1, -0.05) is 27.7 Å². The highest BCUT2D eigenvalue weighted by Gasteiger charge is 2.64. The molecule has 0 spiro atoms. The van der Waals surface area contributed by atoms with Crippen molar-refractivity contribution in [2.75, 3.05) is 0 Å². The Labute approximate surface area is 108 Å². The predicted molar refractivity (Wildman–Crippen MR) is 68.3 cm³/mol. The van der Waals surface area contributed by atoms with Crippen LogP contribution in [-0.4, -0.2) is 14.5 Å². The van der Waals surface area contributed by atoms with E-state index in [4.69, 9.17) is 9.56 Å². The van der Waals surface area contributed by atoms with Crippen LogP contribution in [0.15, 0.2) is 21.6 Å². The maximum absolute atomic E-state index is 11.1. The van der Waals surface area contributed by atoms with Gasteiger partial charge in [-0.3, -0.25) is 0 Å².